The van der Waals surface area contributed by atoms with Gasteiger partial charge in [0.15, 0.2) is 12.2 Å². The van der Waals surface area contributed by atoms with E-state index in [0.717, 1.165) is 11.1 Å². The van der Waals surface area contributed by atoms with Crippen LogP contribution in [0.5, 0.6) is 5.75 Å². The van der Waals surface area contributed by atoms with Gasteiger partial charge in [0, 0.05) is 30.4 Å². The van der Waals surface area contributed by atoms with Gasteiger partial charge >= 0.3 is 12.1 Å². The quantitative estimate of drug-likeness (QED) is 0.495. The van der Waals surface area contributed by atoms with Gasteiger partial charge in [-0.05, 0) is 29.8 Å². The first-order valence-corrected chi connectivity index (χ1v) is 10.4. The molecule has 0 aliphatic carbocycles. The second-order valence-electron chi connectivity index (χ2n) is 7.30. The van der Waals surface area contributed by atoms with Gasteiger partial charge in [-0.3, -0.25) is 0 Å². The smallest absolute Gasteiger partial charge is 0.407 e. The summed E-state index contributed by atoms with van der Waals surface area (Å²) in [6, 6.07) is 11.9. The zero-order valence-electron chi connectivity index (χ0n) is 18.0. The molecule has 0 bridgehead atoms. The Kier molecular flexibility index (Phi) is 7.06. The van der Waals surface area contributed by atoms with Gasteiger partial charge in [0.1, 0.15) is 11.9 Å². The molecule has 1 unspecified atom stereocenters. The Hall–Kier alpha value is -4.05. The van der Waals surface area contributed by atoms with E-state index in [0.29, 0.717) is 42.5 Å². The Bertz CT molecular complexity index is 1100. The molecule has 0 spiro atoms. The van der Waals surface area contributed by atoms with Crippen molar-refractivity contribution in [3.63, 3.8) is 0 Å². The Labute approximate surface area is 190 Å². The number of ether oxygens (including phenoxy) is 3. The molecule has 3 aromatic rings. The Balaban J connectivity index is 1.31. The molecule has 2 heterocycles. The summed E-state index contributed by atoms with van der Waals surface area (Å²) in [6.45, 7) is 1.30. The first-order chi connectivity index (χ1) is 16.1. The summed E-state index contributed by atoms with van der Waals surface area (Å²) < 4.78 is 21.2. The van der Waals surface area contributed by atoms with E-state index < -0.39 is 12.1 Å². The SMILES string of the molecule is COc1cc(NC(=O)Nc2cccc(CNC(=O)OC3CCOC3)c2)ccc1-c1cnco1. The lowest BCUT2D eigenvalue weighted by molar-refractivity contribution is 0.0828. The maximum atomic E-state index is 12.5. The monoisotopic (exact) mass is 452 g/mol. The van der Waals surface area contributed by atoms with Gasteiger partial charge < -0.3 is 34.6 Å². The van der Waals surface area contributed by atoms with Crippen LogP contribution in [0.25, 0.3) is 11.3 Å². The van der Waals surface area contributed by atoms with Crippen molar-refractivity contribution in [3.05, 3.63) is 60.6 Å². The summed E-state index contributed by atoms with van der Waals surface area (Å²) in [5.41, 5.74) is 2.66. The first-order valence-electron chi connectivity index (χ1n) is 10.4. The molecule has 1 saturated heterocycles. The minimum absolute atomic E-state index is 0.204. The predicted molar refractivity (Wildman–Crippen MR) is 120 cm³/mol. The van der Waals surface area contributed by atoms with Crippen LogP contribution in [0, 0.1) is 0 Å². The summed E-state index contributed by atoms with van der Waals surface area (Å²) in [4.78, 5) is 28.3. The van der Waals surface area contributed by atoms with E-state index in [9.17, 15) is 9.59 Å². The van der Waals surface area contributed by atoms with E-state index in [-0.39, 0.29) is 12.6 Å². The van der Waals surface area contributed by atoms with Crippen LogP contribution in [-0.2, 0) is 16.0 Å². The van der Waals surface area contributed by atoms with Gasteiger partial charge in [-0.25, -0.2) is 14.6 Å². The number of methoxy groups -OCH3 is 1. The molecule has 0 radical (unpaired) electrons. The lowest BCUT2D eigenvalue weighted by atomic mass is 10.1. The van der Waals surface area contributed by atoms with E-state index >= 15 is 0 Å². The number of nitrogens with one attached hydrogen (secondary N) is 3. The molecule has 172 valence electrons. The van der Waals surface area contributed by atoms with Gasteiger partial charge in [0.05, 0.1) is 32.1 Å². The highest BCUT2D eigenvalue weighted by molar-refractivity contribution is 6.00. The van der Waals surface area contributed by atoms with Gasteiger partial charge in [-0.1, -0.05) is 12.1 Å². The van der Waals surface area contributed by atoms with Crippen molar-refractivity contribution in [3.8, 4) is 17.1 Å². The van der Waals surface area contributed by atoms with Crippen molar-refractivity contribution in [2.75, 3.05) is 31.0 Å². The summed E-state index contributed by atoms with van der Waals surface area (Å²) in [5, 5.41) is 8.25. The van der Waals surface area contributed by atoms with Crippen LogP contribution in [0.15, 0.2) is 59.5 Å². The van der Waals surface area contributed by atoms with Crippen molar-refractivity contribution < 1.29 is 28.2 Å². The molecule has 1 aliphatic heterocycles. The fraction of sp³-hybridized carbons (Fsp3) is 0.261. The number of amides is 3. The van der Waals surface area contributed by atoms with Crippen molar-refractivity contribution in [2.24, 2.45) is 0 Å². The standard InChI is InChI=1S/C23H24N4O6/c1-30-20-10-17(5-6-19(20)21-12-24-14-32-21)27-22(28)26-16-4-2-3-15(9-16)11-25-23(29)33-18-7-8-31-13-18/h2-6,9-10,12,14,18H,7-8,11,13H2,1H3,(H,25,29)(H2,26,27,28). The van der Waals surface area contributed by atoms with Gasteiger partial charge in [-0.15, -0.1) is 0 Å². The average Bonchev–Trinajstić information content (AvgIpc) is 3.52. The van der Waals surface area contributed by atoms with Gasteiger partial charge in [0.25, 0.3) is 0 Å². The van der Waals surface area contributed by atoms with Crippen LogP contribution in [0.2, 0.25) is 0 Å². The molecule has 1 aromatic heterocycles. The summed E-state index contributed by atoms with van der Waals surface area (Å²) in [5.74, 6) is 1.10. The van der Waals surface area contributed by atoms with E-state index in [1.165, 1.54) is 13.5 Å². The second-order valence-corrected chi connectivity index (χ2v) is 7.30. The highest BCUT2D eigenvalue weighted by Crippen LogP contribution is 2.32. The minimum atomic E-state index is -0.496. The van der Waals surface area contributed by atoms with Crippen LogP contribution in [0.1, 0.15) is 12.0 Å². The zero-order valence-corrected chi connectivity index (χ0v) is 18.0. The lowest BCUT2D eigenvalue weighted by Crippen LogP contribution is -2.28. The highest BCUT2D eigenvalue weighted by Gasteiger charge is 2.19. The average molecular weight is 452 g/mol. The second kappa shape index (κ2) is 10.5. The molecule has 10 heteroatoms. The van der Waals surface area contributed by atoms with Crippen LogP contribution in [0.4, 0.5) is 21.0 Å². The lowest BCUT2D eigenvalue weighted by Gasteiger charge is -2.13. The van der Waals surface area contributed by atoms with Gasteiger partial charge in [0.2, 0.25) is 0 Å². The summed E-state index contributed by atoms with van der Waals surface area (Å²) in [6.07, 6.45) is 2.93. The van der Waals surface area contributed by atoms with Crippen molar-refractivity contribution >= 4 is 23.5 Å². The molecule has 10 nitrogen and oxygen atoms in total. The highest BCUT2D eigenvalue weighted by atomic mass is 16.6. The van der Waals surface area contributed by atoms with Crippen LogP contribution < -0.4 is 20.7 Å². The molecule has 1 aliphatic rings. The molecular formula is C23H24N4O6. The first kappa shape index (κ1) is 22.2. The number of rotatable bonds is 7. The number of aromatic nitrogens is 1. The molecule has 0 saturated carbocycles. The normalized spacial score (nSPS) is 15.0. The summed E-state index contributed by atoms with van der Waals surface area (Å²) in [7, 11) is 1.54. The molecule has 3 amide bonds. The Morgan fingerprint density at radius 2 is 2.00 bits per heavy atom. The number of urea groups is 1. The number of benzene rings is 2. The number of nitrogens with zero attached hydrogens (tertiary/aromatic N) is 1. The molecule has 2 aromatic carbocycles. The molecule has 4 rings (SSSR count). The number of anilines is 2. The van der Waals surface area contributed by atoms with Crippen molar-refractivity contribution in [2.45, 2.75) is 19.1 Å². The maximum absolute atomic E-state index is 12.5. The Morgan fingerprint density at radius 1 is 1.15 bits per heavy atom. The molecule has 33 heavy (non-hydrogen) atoms. The zero-order chi connectivity index (χ0) is 23.0. The van der Waals surface area contributed by atoms with Gasteiger partial charge in [-0.2, -0.15) is 0 Å². The maximum Gasteiger partial charge on any atom is 0.407 e. The third-order valence-corrected chi connectivity index (χ3v) is 4.94. The number of carbonyl (C=O) groups is 2. The van der Waals surface area contributed by atoms with Crippen LogP contribution in [0.3, 0.4) is 0 Å². The number of alkyl carbamates (subject to hydrolysis) is 1. The van der Waals surface area contributed by atoms with Crippen molar-refractivity contribution in [1.82, 2.24) is 10.3 Å². The van der Waals surface area contributed by atoms with E-state index in [1.54, 1.807) is 42.6 Å². The number of hydrogen-bond donors (Lipinski definition) is 3. The van der Waals surface area contributed by atoms with Crippen molar-refractivity contribution in [1.29, 1.82) is 0 Å². The molecular weight excluding hydrogens is 428 g/mol. The molecule has 1 atom stereocenters. The largest absolute Gasteiger partial charge is 0.496 e. The predicted octanol–water partition coefficient (Wildman–Crippen LogP) is 4.01. The third kappa shape index (κ3) is 6.01. The minimum Gasteiger partial charge on any atom is -0.496 e. The molecule has 3 N–H and O–H groups in total. The number of carbonyl (C=O) groups excluding carboxylic acids is 2. The third-order valence-electron chi connectivity index (χ3n) is 4.94. The van der Waals surface area contributed by atoms with Crippen LogP contribution in [-0.4, -0.2) is 43.5 Å². The number of oxazole rings is 1. The van der Waals surface area contributed by atoms with E-state index in [1.807, 2.05) is 6.07 Å². The van der Waals surface area contributed by atoms with E-state index in [2.05, 4.69) is 20.9 Å². The van der Waals surface area contributed by atoms with E-state index in [4.69, 9.17) is 18.6 Å². The molecule has 1 fully saturated rings. The topological polar surface area (TPSA) is 124 Å². The fourth-order valence-electron chi connectivity index (χ4n) is 3.35. The van der Waals surface area contributed by atoms with Crippen LogP contribution >= 0.6 is 0 Å². The number of hydrogen-bond acceptors (Lipinski definition) is 7. The Morgan fingerprint density at radius 3 is 2.73 bits per heavy atom. The summed E-state index contributed by atoms with van der Waals surface area (Å²) >= 11 is 0. The fourth-order valence-corrected chi connectivity index (χ4v) is 3.35.